The number of piperazine rings is 1. The Kier molecular flexibility index (Phi) is 3.12. The SMILES string of the molecule is Cc1ccncc1CN1CC2CCCC(C1)N2. The highest BCUT2D eigenvalue weighted by Crippen LogP contribution is 2.21. The maximum absolute atomic E-state index is 4.24. The number of nitrogens with zero attached hydrogens (tertiary/aromatic N) is 2. The normalized spacial score (nSPS) is 29.2. The minimum atomic E-state index is 0.722. The molecule has 2 atom stereocenters. The summed E-state index contributed by atoms with van der Waals surface area (Å²) < 4.78 is 0. The summed E-state index contributed by atoms with van der Waals surface area (Å²) in [6.07, 6.45) is 8.00. The first-order chi connectivity index (χ1) is 8.31. The Bertz CT molecular complexity index is 379. The summed E-state index contributed by atoms with van der Waals surface area (Å²) >= 11 is 0. The molecule has 2 aliphatic heterocycles. The van der Waals surface area contributed by atoms with E-state index < -0.39 is 0 Å². The van der Waals surface area contributed by atoms with Crippen LogP contribution in [0.5, 0.6) is 0 Å². The molecule has 3 nitrogen and oxygen atoms in total. The lowest BCUT2D eigenvalue weighted by Gasteiger charge is -2.42. The van der Waals surface area contributed by atoms with Crippen LogP contribution in [0.4, 0.5) is 0 Å². The van der Waals surface area contributed by atoms with Crippen LogP contribution in [0, 0.1) is 6.92 Å². The van der Waals surface area contributed by atoms with Crippen molar-refractivity contribution in [2.45, 2.75) is 44.8 Å². The summed E-state index contributed by atoms with van der Waals surface area (Å²) in [6, 6.07) is 3.55. The zero-order valence-corrected chi connectivity index (χ0v) is 10.5. The van der Waals surface area contributed by atoms with E-state index >= 15 is 0 Å². The van der Waals surface area contributed by atoms with Gasteiger partial charge in [0, 0.05) is 44.1 Å². The summed E-state index contributed by atoms with van der Waals surface area (Å²) in [7, 11) is 0. The van der Waals surface area contributed by atoms with Crippen LogP contribution in [0.2, 0.25) is 0 Å². The van der Waals surface area contributed by atoms with E-state index in [4.69, 9.17) is 0 Å². The van der Waals surface area contributed by atoms with E-state index in [1.165, 1.54) is 43.5 Å². The molecule has 92 valence electrons. The van der Waals surface area contributed by atoms with Crippen molar-refractivity contribution < 1.29 is 0 Å². The first-order valence-corrected chi connectivity index (χ1v) is 6.69. The van der Waals surface area contributed by atoms with E-state index in [1.54, 1.807) is 0 Å². The molecule has 2 aliphatic rings. The lowest BCUT2D eigenvalue weighted by Crippen LogP contribution is -2.58. The molecule has 1 aromatic rings. The standard InChI is InChI=1S/C14H21N3/c1-11-5-6-15-7-12(11)8-17-9-13-3-2-4-14(10-17)16-13/h5-7,13-14,16H,2-4,8-10H2,1H3. The van der Waals surface area contributed by atoms with Crippen molar-refractivity contribution in [3.05, 3.63) is 29.6 Å². The van der Waals surface area contributed by atoms with Crippen LogP contribution in [0.15, 0.2) is 18.5 Å². The average Bonchev–Trinajstić information content (AvgIpc) is 2.32. The molecule has 2 saturated heterocycles. The monoisotopic (exact) mass is 231 g/mol. The number of hydrogen-bond donors (Lipinski definition) is 1. The van der Waals surface area contributed by atoms with Gasteiger partial charge < -0.3 is 5.32 Å². The van der Waals surface area contributed by atoms with Gasteiger partial charge in [-0.2, -0.15) is 0 Å². The van der Waals surface area contributed by atoms with Crippen molar-refractivity contribution in [3.63, 3.8) is 0 Å². The van der Waals surface area contributed by atoms with Crippen LogP contribution in [0.25, 0.3) is 0 Å². The quantitative estimate of drug-likeness (QED) is 0.840. The molecule has 2 bridgehead atoms. The predicted octanol–water partition coefficient (Wildman–Crippen LogP) is 1.72. The molecule has 2 unspecified atom stereocenters. The van der Waals surface area contributed by atoms with Gasteiger partial charge in [0.1, 0.15) is 0 Å². The van der Waals surface area contributed by atoms with E-state index in [0.717, 1.165) is 18.6 Å². The van der Waals surface area contributed by atoms with Gasteiger partial charge in [0.15, 0.2) is 0 Å². The number of nitrogens with one attached hydrogen (secondary N) is 1. The van der Waals surface area contributed by atoms with Gasteiger partial charge in [-0.15, -0.1) is 0 Å². The fourth-order valence-corrected chi connectivity index (χ4v) is 3.13. The van der Waals surface area contributed by atoms with Gasteiger partial charge >= 0.3 is 0 Å². The van der Waals surface area contributed by atoms with Crippen LogP contribution in [0.3, 0.4) is 0 Å². The molecule has 3 rings (SSSR count). The summed E-state index contributed by atoms with van der Waals surface area (Å²) in [5.74, 6) is 0. The second-order valence-corrected chi connectivity index (χ2v) is 5.49. The van der Waals surface area contributed by atoms with Crippen molar-refractivity contribution >= 4 is 0 Å². The lowest BCUT2D eigenvalue weighted by molar-refractivity contribution is 0.119. The molecule has 2 fully saturated rings. The molecular formula is C14H21N3. The van der Waals surface area contributed by atoms with Crippen molar-refractivity contribution in [2.75, 3.05) is 13.1 Å². The Morgan fingerprint density at radius 3 is 2.82 bits per heavy atom. The molecular weight excluding hydrogens is 210 g/mol. The van der Waals surface area contributed by atoms with Crippen LogP contribution in [-0.4, -0.2) is 35.1 Å². The molecule has 1 N–H and O–H groups in total. The third-order valence-corrected chi connectivity index (χ3v) is 4.08. The molecule has 0 aromatic carbocycles. The Hall–Kier alpha value is -0.930. The Labute approximate surface area is 103 Å². The fraction of sp³-hybridized carbons (Fsp3) is 0.643. The first kappa shape index (κ1) is 11.2. The average molecular weight is 231 g/mol. The summed E-state index contributed by atoms with van der Waals surface area (Å²) in [5, 5.41) is 3.73. The van der Waals surface area contributed by atoms with Crippen molar-refractivity contribution in [1.82, 2.24) is 15.2 Å². The largest absolute Gasteiger partial charge is 0.309 e. The maximum atomic E-state index is 4.24. The third kappa shape index (κ3) is 2.50. The molecule has 0 aliphatic carbocycles. The zero-order chi connectivity index (χ0) is 11.7. The number of pyridine rings is 1. The minimum Gasteiger partial charge on any atom is -0.309 e. The van der Waals surface area contributed by atoms with Crippen molar-refractivity contribution in [1.29, 1.82) is 0 Å². The van der Waals surface area contributed by atoms with Gasteiger partial charge in [-0.1, -0.05) is 6.42 Å². The number of hydrogen-bond acceptors (Lipinski definition) is 3. The second-order valence-electron chi connectivity index (χ2n) is 5.49. The number of piperidine rings is 1. The van der Waals surface area contributed by atoms with Gasteiger partial charge in [0.2, 0.25) is 0 Å². The molecule has 17 heavy (non-hydrogen) atoms. The summed E-state index contributed by atoms with van der Waals surface area (Å²) in [4.78, 5) is 6.83. The topological polar surface area (TPSA) is 28.2 Å². The van der Waals surface area contributed by atoms with Gasteiger partial charge in [-0.25, -0.2) is 0 Å². The number of fused-ring (bicyclic) bond motifs is 2. The summed E-state index contributed by atoms with van der Waals surface area (Å²) in [6.45, 7) is 5.64. The first-order valence-electron chi connectivity index (χ1n) is 6.69. The highest BCUT2D eigenvalue weighted by atomic mass is 15.2. The molecule has 3 heteroatoms. The molecule has 1 aromatic heterocycles. The van der Waals surface area contributed by atoms with E-state index in [-0.39, 0.29) is 0 Å². The van der Waals surface area contributed by atoms with Gasteiger partial charge in [0.05, 0.1) is 0 Å². The van der Waals surface area contributed by atoms with Crippen LogP contribution < -0.4 is 5.32 Å². The predicted molar refractivity (Wildman–Crippen MR) is 68.8 cm³/mol. The molecule has 0 radical (unpaired) electrons. The van der Waals surface area contributed by atoms with Crippen LogP contribution >= 0.6 is 0 Å². The summed E-state index contributed by atoms with van der Waals surface area (Å²) in [5.41, 5.74) is 2.75. The Balaban J connectivity index is 1.68. The smallest absolute Gasteiger partial charge is 0.0315 e. The highest BCUT2D eigenvalue weighted by Gasteiger charge is 2.29. The lowest BCUT2D eigenvalue weighted by atomic mass is 9.94. The van der Waals surface area contributed by atoms with Gasteiger partial charge in [-0.3, -0.25) is 9.88 Å². The van der Waals surface area contributed by atoms with E-state index in [2.05, 4.69) is 28.2 Å². The molecule has 0 amide bonds. The van der Waals surface area contributed by atoms with E-state index in [0.29, 0.717) is 0 Å². The van der Waals surface area contributed by atoms with E-state index in [1.807, 2.05) is 12.4 Å². The van der Waals surface area contributed by atoms with Crippen LogP contribution in [-0.2, 0) is 6.54 Å². The second kappa shape index (κ2) is 4.75. The Morgan fingerprint density at radius 1 is 1.35 bits per heavy atom. The van der Waals surface area contributed by atoms with Gasteiger partial charge in [-0.05, 0) is 37.0 Å². The third-order valence-electron chi connectivity index (χ3n) is 4.08. The van der Waals surface area contributed by atoms with Gasteiger partial charge in [0.25, 0.3) is 0 Å². The fourth-order valence-electron chi connectivity index (χ4n) is 3.13. The number of likely N-dealkylation sites (tertiary alicyclic amines) is 1. The number of aromatic nitrogens is 1. The van der Waals surface area contributed by atoms with Crippen LogP contribution in [0.1, 0.15) is 30.4 Å². The van der Waals surface area contributed by atoms with Crippen molar-refractivity contribution in [2.24, 2.45) is 0 Å². The highest BCUT2D eigenvalue weighted by molar-refractivity contribution is 5.21. The molecule has 0 spiro atoms. The number of rotatable bonds is 2. The zero-order valence-electron chi connectivity index (χ0n) is 10.5. The van der Waals surface area contributed by atoms with Crippen molar-refractivity contribution in [3.8, 4) is 0 Å². The molecule has 3 heterocycles. The van der Waals surface area contributed by atoms with E-state index in [9.17, 15) is 0 Å². The molecule has 0 saturated carbocycles. The maximum Gasteiger partial charge on any atom is 0.0315 e. The number of aryl methyl sites for hydroxylation is 1. The minimum absolute atomic E-state index is 0.722. The Morgan fingerprint density at radius 2 is 2.12 bits per heavy atom.